The number of pyridine rings is 1. The fourth-order valence-corrected chi connectivity index (χ4v) is 3.74. The first-order valence-corrected chi connectivity index (χ1v) is 10.5. The molecule has 0 atom stereocenters. The van der Waals surface area contributed by atoms with Crippen molar-refractivity contribution in [3.63, 3.8) is 0 Å². The molecule has 34 heavy (non-hydrogen) atoms. The first-order valence-electron chi connectivity index (χ1n) is 10.5. The van der Waals surface area contributed by atoms with E-state index in [1.807, 2.05) is 36.4 Å². The quantitative estimate of drug-likeness (QED) is 0.383. The first-order chi connectivity index (χ1) is 16.5. The summed E-state index contributed by atoms with van der Waals surface area (Å²) in [4.78, 5) is 34.7. The highest BCUT2D eigenvalue weighted by Crippen LogP contribution is 2.26. The molecule has 0 saturated heterocycles. The lowest BCUT2D eigenvalue weighted by atomic mass is 10.0. The number of nitrogen functional groups attached to an aromatic ring is 2. The van der Waals surface area contributed by atoms with E-state index in [9.17, 15) is 9.59 Å². The lowest BCUT2D eigenvalue weighted by Gasteiger charge is -2.12. The smallest absolute Gasteiger partial charge is 0.267 e. The number of hydrogen-bond acceptors (Lipinski definition) is 6. The van der Waals surface area contributed by atoms with Crippen molar-refractivity contribution in [2.24, 2.45) is 0 Å². The van der Waals surface area contributed by atoms with Crippen LogP contribution in [0.4, 0.5) is 17.5 Å². The van der Waals surface area contributed by atoms with Crippen molar-refractivity contribution in [2.45, 2.75) is 0 Å². The lowest BCUT2D eigenvalue weighted by molar-refractivity contribution is 0.102. The van der Waals surface area contributed by atoms with Crippen molar-refractivity contribution in [1.82, 2.24) is 14.5 Å². The molecule has 0 aliphatic heterocycles. The second-order valence-electron chi connectivity index (χ2n) is 7.65. The van der Waals surface area contributed by atoms with Crippen LogP contribution < -0.4 is 22.3 Å². The number of nitrogens with one attached hydrogen (secondary N) is 1. The normalized spacial score (nSPS) is 10.8. The molecular formula is C26H20N6O2. The van der Waals surface area contributed by atoms with Crippen LogP contribution in [0.2, 0.25) is 0 Å². The van der Waals surface area contributed by atoms with Crippen LogP contribution in [0.5, 0.6) is 0 Å². The number of fused-ring (bicyclic) bond motifs is 1. The van der Waals surface area contributed by atoms with Crippen molar-refractivity contribution >= 4 is 34.3 Å². The molecule has 0 saturated carbocycles. The van der Waals surface area contributed by atoms with Gasteiger partial charge < -0.3 is 16.8 Å². The zero-order valence-corrected chi connectivity index (χ0v) is 18.0. The van der Waals surface area contributed by atoms with Crippen molar-refractivity contribution in [3.8, 4) is 16.8 Å². The molecule has 5 rings (SSSR count). The lowest BCUT2D eigenvalue weighted by Crippen LogP contribution is -2.23. The van der Waals surface area contributed by atoms with Gasteiger partial charge in [-0.3, -0.25) is 9.59 Å². The molecule has 2 heterocycles. The monoisotopic (exact) mass is 448 g/mol. The SMILES string of the molecule is Nc1ncc(-c2ccc3nc(N)n(-c4ccccc4)c(=O)c3c2)cc1C(=O)Nc1ccccc1. The van der Waals surface area contributed by atoms with Gasteiger partial charge >= 0.3 is 0 Å². The number of hydrogen-bond donors (Lipinski definition) is 3. The topological polar surface area (TPSA) is 129 Å². The molecule has 0 fully saturated rings. The number of carbonyl (C=O) groups is 1. The highest BCUT2D eigenvalue weighted by Gasteiger charge is 2.15. The van der Waals surface area contributed by atoms with Crippen molar-refractivity contribution < 1.29 is 4.79 Å². The second kappa shape index (κ2) is 8.51. The predicted molar refractivity (Wildman–Crippen MR) is 134 cm³/mol. The number of anilines is 3. The first kappa shape index (κ1) is 20.9. The average Bonchev–Trinajstić information content (AvgIpc) is 2.85. The number of nitrogens with two attached hydrogens (primary N) is 2. The number of benzene rings is 3. The number of rotatable bonds is 4. The maximum atomic E-state index is 13.3. The van der Waals surface area contributed by atoms with E-state index in [4.69, 9.17) is 11.5 Å². The molecule has 0 unspecified atom stereocenters. The Kier molecular flexibility index (Phi) is 5.23. The maximum Gasteiger partial charge on any atom is 0.267 e. The Hall–Kier alpha value is -4.98. The fourth-order valence-electron chi connectivity index (χ4n) is 3.74. The van der Waals surface area contributed by atoms with E-state index in [0.29, 0.717) is 33.4 Å². The zero-order valence-electron chi connectivity index (χ0n) is 18.0. The Morgan fingerprint density at radius 3 is 2.29 bits per heavy atom. The Labute approximate surface area is 194 Å². The van der Waals surface area contributed by atoms with Crippen LogP contribution in [0, 0.1) is 0 Å². The van der Waals surface area contributed by atoms with Crippen molar-refractivity contribution in [3.05, 3.63) is 107 Å². The third-order valence-corrected chi connectivity index (χ3v) is 5.44. The van der Waals surface area contributed by atoms with Crippen molar-refractivity contribution in [2.75, 3.05) is 16.8 Å². The third-order valence-electron chi connectivity index (χ3n) is 5.44. The molecule has 8 nitrogen and oxygen atoms in total. The molecule has 5 aromatic rings. The molecule has 0 aliphatic rings. The number of amides is 1. The molecule has 3 aromatic carbocycles. The van der Waals surface area contributed by atoms with Gasteiger partial charge in [0.1, 0.15) is 5.82 Å². The van der Waals surface area contributed by atoms with Gasteiger partial charge in [0.2, 0.25) is 5.95 Å². The van der Waals surface area contributed by atoms with Crippen LogP contribution in [-0.2, 0) is 0 Å². The summed E-state index contributed by atoms with van der Waals surface area (Å²) in [5, 5.41) is 3.20. The van der Waals surface area contributed by atoms with Gasteiger partial charge in [0.05, 0.1) is 22.2 Å². The number of carbonyl (C=O) groups excluding carboxylic acids is 1. The van der Waals surface area contributed by atoms with Crippen molar-refractivity contribution in [1.29, 1.82) is 0 Å². The summed E-state index contributed by atoms with van der Waals surface area (Å²) < 4.78 is 1.37. The Morgan fingerprint density at radius 2 is 1.56 bits per heavy atom. The zero-order chi connectivity index (χ0) is 23.7. The van der Waals surface area contributed by atoms with Gasteiger partial charge in [0.15, 0.2) is 0 Å². The van der Waals surface area contributed by atoms with Gasteiger partial charge in [-0.1, -0.05) is 42.5 Å². The Bertz CT molecular complexity index is 1580. The third kappa shape index (κ3) is 3.84. The summed E-state index contributed by atoms with van der Waals surface area (Å²) in [6.45, 7) is 0. The minimum Gasteiger partial charge on any atom is -0.383 e. The van der Waals surface area contributed by atoms with Crippen LogP contribution in [0.25, 0.3) is 27.7 Å². The van der Waals surface area contributed by atoms with Crippen LogP contribution in [-0.4, -0.2) is 20.4 Å². The summed E-state index contributed by atoms with van der Waals surface area (Å²) in [5.74, 6) is -0.163. The van der Waals surface area contributed by atoms with E-state index in [1.165, 1.54) is 4.57 Å². The molecule has 2 aromatic heterocycles. The highest BCUT2D eigenvalue weighted by molar-refractivity contribution is 6.08. The Balaban J connectivity index is 1.58. The van der Waals surface area contributed by atoms with E-state index < -0.39 is 0 Å². The summed E-state index contributed by atoms with van der Waals surface area (Å²) in [6.07, 6.45) is 1.57. The van der Waals surface area contributed by atoms with Gasteiger partial charge in [-0.2, -0.15) is 0 Å². The van der Waals surface area contributed by atoms with Gasteiger partial charge in [0.25, 0.3) is 11.5 Å². The minimum absolute atomic E-state index is 0.102. The maximum absolute atomic E-state index is 13.3. The van der Waals surface area contributed by atoms with Crippen LogP contribution in [0.15, 0.2) is 95.9 Å². The molecule has 1 amide bonds. The van der Waals surface area contributed by atoms with Gasteiger partial charge in [-0.05, 0) is 48.0 Å². The molecule has 0 spiro atoms. The summed E-state index contributed by atoms with van der Waals surface area (Å²) in [6, 6.07) is 25.1. The van der Waals surface area contributed by atoms with Crippen LogP contribution in [0.1, 0.15) is 10.4 Å². The second-order valence-corrected chi connectivity index (χ2v) is 7.65. The molecule has 0 aliphatic carbocycles. The van der Waals surface area contributed by atoms with E-state index in [1.54, 1.807) is 54.7 Å². The summed E-state index contributed by atoms with van der Waals surface area (Å²) in [7, 11) is 0. The molecule has 8 heteroatoms. The largest absolute Gasteiger partial charge is 0.383 e. The van der Waals surface area contributed by atoms with Gasteiger partial charge in [-0.25, -0.2) is 14.5 Å². The number of para-hydroxylation sites is 2. The average molecular weight is 448 g/mol. The molecule has 0 bridgehead atoms. The van der Waals surface area contributed by atoms with Crippen LogP contribution >= 0.6 is 0 Å². The van der Waals surface area contributed by atoms with Gasteiger partial charge in [0, 0.05) is 17.4 Å². The highest BCUT2D eigenvalue weighted by atomic mass is 16.1. The fraction of sp³-hybridized carbons (Fsp3) is 0. The molecule has 5 N–H and O–H groups in total. The summed E-state index contributed by atoms with van der Waals surface area (Å²) in [5.41, 5.74) is 15.1. The van der Waals surface area contributed by atoms with E-state index >= 15 is 0 Å². The number of aromatic nitrogens is 3. The molecule has 0 radical (unpaired) electrons. The van der Waals surface area contributed by atoms with E-state index in [0.717, 1.165) is 0 Å². The van der Waals surface area contributed by atoms with E-state index in [-0.39, 0.29) is 28.8 Å². The Morgan fingerprint density at radius 1 is 0.853 bits per heavy atom. The summed E-state index contributed by atoms with van der Waals surface area (Å²) >= 11 is 0. The standard InChI is InChI=1S/C26H20N6O2/c27-23-21(24(33)30-18-7-3-1-4-8-18)14-17(15-29-23)16-11-12-22-20(13-16)25(34)32(26(28)31-22)19-9-5-2-6-10-19/h1-15H,(H2,27,29)(H2,28,31)(H,30,33). The molecule has 166 valence electrons. The molecular weight excluding hydrogens is 428 g/mol. The number of nitrogens with zero attached hydrogens (tertiary/aromatic N) is 3. The van der Waals surface area contributed by atoms with E-state index in [2.05, 4.69) is 15.3 Å². The van der Waals surface area contributed by atoms with Gasteiger partial charge in [-0.15, -0.1) is 0 Å². The minimum atomic E-state index is -0.375. The van der Waals surface area contributed by atoms with Crippen LogP contribution in [0.3, 0.4) is 0 Å². The predicted octanol–water partition coefficient (Wildman–Crippen LogP) is 3.86.